The predicted molar refractivity (Wildman–Crippen MR) is 278 cm³/mol. The molecule has 7 rings (SSSR count). The summed E-state index contributed by atoms with van der Waals surface area (Å²) in [6.45, 7) is 13.7. The number of aliphatic hydroxyl groups is 1. The van der Waals surface area contributed by atoms with Crippen molar-refractivity contribution >= 4 is 68.0 Å². The van der Waals surface area contributed by atoms with E-state index in [0.717, 1.165) is 94.8 Å². The van der Waals surface area contributed by atoms with E-state index in [1.165, 1.54) is 33.7 Å². The number of nitrogens with one attached hydrogen (secondary N) is 2. The van der Waals surface area contributed by atoms with Crippen molar-refractivity contribution in [3.63, 3.8) is 0 Å². The number of anilines is 2. The lowest BCUT2D eigenvalue weighted by atomic mass is 9.71. The maximum absolute atomic E-state index is 13.6. The third kappa shape index (κ3) is 14.2. The van der Waals surface area contributed by atoms with Gasteiger partial charge in [-0.05, 0) is 109 Å². The molecule has 2 heterocycles. The first-order valence-corrected chi connectivity index (χ1v) is 26.8. The van der Waals surface area contributed by atoms with Gasteiger partial charge in [0.15, 0.2) is 0 Å². The number of hydrogen-bond donors (Lipinski definition) is 4. The second kappa shape index (κ2) is 24.3. The standard InChI is InChI=1S/C51H65ClN8O8S2/c1-3-55(31-32-61)22-20-42(36-69-44-7-5-4-6-8-44)53-47-18-17-45(33-48(47)60(65)66)70(67,68)54-49(62)39-11-15-43(16-12-39)58-27-23-56(24-28-58)35-40-34-51(2,37-57-25-29-59(30-26-57)50(63)64)21-19-46(40)38-9-13-41(52)14-10-38/h4-18,33,42,53,61H,3,19-32,34-37H2,1-2H3,(H,54,62)(H,63,64)/t42-,51?/m1/s1. The highest BCUT2D eigenvalue weighted by atomic mass is 35.5. The van der Waals surface area contributed by atoms with E-state index >= 15 is 0 Å². The number of halogens is 1. The van der Waals surface area contributed by atoms with E-state index in [9.17, 15) is 38.3 Å². The quantitative estimate of drug-likeness (QED) is 0.0361. The SMILES string of the molecule is CCN(CCO)CC[C@H](CSc1ccccc1)Nc1ccc(S(=O)(=O)NC(=O)c2ccc(N3CCN(CC4=C(c5ccc(Cl)cc5)CCC(C)(CN5CCN(C(=O)O)CC5)C4)CC3)cc2)cc1[N+](=O)[O-]. The maximum atomic E-state index is 13.6. The lowest BCUT2D eigenvalue weighted by molar-refractivity contribution is -0.384. The Morgan fingerprint density at radius 1 is 0.914 bits per heavy atom. The summed E-state index contributed by atoms with van der Waals surface area (Å²) in [4.78, 5) is 48.0. The summed E-state index contributed by atoms with van der Waals surface area (Å²) in [7, 11) is -4.49. The van der Waals surface area contributed by atoms with Crippen LogP contribution in [0.25, 0.3) is 5.57 Å². The third-order valence-corrected chi connectivity index (χ3v) is 16.4. The molecular formula is C51H65ClN8O8S2. The zero-order valence-electron chi connectivity index (χ0n) is 40.0. The van der Waals surface area contributed by atoms with Crippen molar-refractivity contribution in [2.24, 2.45) is 5.41 Å². The summed E-state index contributed by atoms with van der Waals surface area (Å²) >= 11 is 7.89. The summed E-state index contributed by atoms with van der Waals surface area (Å²) in [6.07, 6.45) is 2.70. The summed E-state index contributed by atoms with van der Waals surface area (Å²) in [5.41, 5.74) is 4.81. The monoisotopic (exact) mass is 1020 g/mol. The van der Waals surface area contributed by atoms with Crippen LogP contribution >= 0.6 is 23.4 Å². The molecule has 0 saturated carbocycles. The van der Waals surface area contributed by atoms with E-state index in [1.54, 1.807) is 23.9 Å². The number of allylic oxidation sites excluding steroid dienone is 1. The van der Waals surface area contributed by atoms with Gasteiger partial charge < -0.3 is 30.2 Å². The fourth-order valence-electron chi connectivity index (χ4n) is 9.72. The van der Waals surface area contributed by atoms with Gasteiger partial charge in [-0.15, -0.1) is 11.8 Å². The van der Waals surface area contributed by atoms with Crippen molar-refractivity contribution in [2.45, 2.75) is 55.4 Å². The molecule has 0 aromatic heterocycles. The number of hydrogen-bond acceptors (Lipinski definition) is 13. The molecule has 376 valence electrons. The Bertz CT molecular complexity index is 2560. The van der Waals surface area contributed by atoms with Crippen molar-refractivity contribution in [1.82, 2.24) is 24.3 Å². The number of carbonyl (C=O) groups excluding carboxylic acids is 1. The van der Waals surface area contributed by atoms with Gasteiger partial charge in [0.1, 0.15) is 5.69 Å². The van der Waals surface area contributed by atoms with Crippen LogP contribution in [-0.2, 0) is 10.0 Å². The number of aliphatic hydroxyl groups excluding tert-OH is 1. The normalized spacial score (nSPS) is 18.8. The number of carboxylic acid groups (broad SMARTS) is 1. The second-order valence-corrected chi connectivity index (χ2v) is 21.9. The van der Waals surface area contributed by atoms with Crippen LogP contribution in [0.3, 0.4) is 0 Å². The molecule has 2 fully saturated rings. The first-order chi connectivity index (χ1) is 33.6. The number of benzene rings is 4. The number of likely N-dealkylation sites (N-methyl/N-ethyl adjacent to an activating group) is 1. The van der Waals surface area contributed by atoms with Crippen LogP contribution in [0.15, 0.2) is 112 Å². The van der Waals surface area contributed by atoms with Crippen molar-refractivity contribution in [2.75, 3.05) is 108 Å². The second-order valence-electron chi connectivity index (χ2n) is 18.7. The molecule has 1 aliphatic carbocycles. The van der Waals surface area contributed by atoms with E-state index < -0.39 is 37.5 Å². The Morgan fingerprint density at radius 3 is 2.24 bits per heavy atom. The van der Waals surface area contributed by atoms with Gasteiger partial charge in [0.25, 0.3) is 21.6 Å². The molecule has 0 spiro atoms. The highest BCUT2D eigenvalue weighted by Gasteiger charge is 2.36. The first-order valence-electron chi connectivity index (χ1n) is 24.0. The van der Waals surface area contributed by atoms with Gasteiger partial charge in [0.2, 0.25) is 0 Å². The molecule has 19 heteroatoms. The lowest BCUT2D eigenvalue weighted by Gasteiger charge is -2.44. The van der Waals surface area contributed by atoms with Crippen molar-refractivity contribution < 1.29 is 33.1 Å². The molecule has 1 unspecified atom stereocenters. The zero-order chi connectivity index (χ0) is 49.8. The smallest absolute Gasteiger partial charge is 0.407 e. The molecule has 4 N–H and O–H groups in total. The van der Waals surface area contributed by atoms with Gasteiger partial charge >= 0.3 is 6.09 Å². The topological polar surface area (TPSA) is 192 Å². The van der Waals surface area contributed by atoms with Crippen LogP contribution in [-0.4, -0.2) is 159 Å². The van der Waals surface area contributed by atoms with E-state index in [-0.39, 0.29) is 29.3 Å². The number of nitrogens with zero attached hydrogens (tertiary/aromatic N) is 6. The molecule has 4 aromatic rings. The number of thioether (sulfide) groups is 1. The maximum Gasteiger partial charge on any atom is 0.407 e. The lowest BCUT2D eigenvalue weighted by Crippen LogP contribution is -2.51. The minimum absolute atomic E-state index is 0.0159. The van der Waals surface area contributed by atoms with Gasteiger partial charge in [0.05, 0.1) is 16.4 Å². The molecule has 4 aromatic carbocycles. The molecule has 3 aliphatic rings. The summed E-state index contributed by atoms with van der Waals surface area (Å²) < 4.78 is 29.2. The van der Waals surface area contributed by atoms with Crippen molar-refractivity contribution in [1.29, 1.82) is 0 Å². The average Bonchev–Trinajstić information content (AvgIpc) is 3.35. The van der Waals surface area contributed by atoms with Gasteiger partial charge in [-0.3, -0.25) is 24.7 Å². The highest BCUT2D eigenvalue weighted by molar-refractivity contribution is 7.99. The highest BCUT2D eigenvalue weighted by Crippen LogP contribution is 2.44. The van der Waals surface area contributed by atoms with E-state index in [0.29, 0.717) is 43.4 Å². The van der Waals surface area contributed by atoms with Crippen LogP contribution in [0.4, 0.5) is 21.9 Å². The Kier molecular flexibility index (Phi) is 18.2. The van der Waals surface area contributed by atoms with Crippen molar-refractivity contribution in [3.8, 4) is 0 Å². The number of rotatable bonds is 21. The Labute approximate surface area is 420 Å². The molecule has 70 heavy (non-hydrogen) atoms. The molecule has 2 aliphatic heterocycles. The minimum Gasteiger partial charge on any atom is -0.465 e. The van der Waals surface area contributed by atoms with E-state index in [4.69, 9.17) is 11.6 Å². The fraction of sp³-hybridized carbons (Fsp3) is 0.451. The Balaban J connectivity index is 0.961. The third-order valence-electron chi connectivity index (χ3n) is 13.7. The molecule has 16 nitrogen and oxygen atoms in total. The van der Waals surface area contributed by atoms with Crippen LogP contribution < -0.4 is 14.9 Å². The number of nitro benzene ring substituents is 1. The average molecular weight is 1020 g/mol. The van der Waals surface area contributed by atoms with E-state index in [2.05, 4.69) is 48.7 Å². The van der Waals surface area contributed by atoms with Gasteiger partial charge in [-0.1, -0.05) is 61.4 Å². The zero-order valence-corrected chi connectivity index (χ0v) is 42.4. The number of sulfonamides is 1. The number of amides is 2. The van der Waals surface area contributed by atoms with Gasteiger partial charge in [0, 0.05) is 118 Å². The first kappa shape index (κ1) is 52.6. The Morgan fingerprint density at radius 2 is 1.60 bits per heavy atom. The number of piperazine rings is 2. The molecule has 0 radical (unpaired) electrons. The van der Waals surface area contributed by atoms with Crippen LogP contribution in [0, 0.1) is 15.5 Å². The summed E-state index contributed by atoms with van der Waals surface area (Å²) in [5, 5.41) is 35.3. The molecule has 2 saturated heterocycles. The molecule has 2 atom stereocenters. The van der Waals surface area contributed by atoms with Crippen LogP contribution in [0.1, 0.15) is 55.5 Å². The molecule has 2 amide bonds. The molecule has 0 bridgehead atoms. The van der Waals surface area contributed by atoms with Gasteiger partial charge in [-0.2, -0.15) is 0 Å². The molecular weight excluding hydrogens is 952 g/mol. The largest absolute Gasteiger partial charge is 0.465 e. The number of carbonyl (C=O) groups is 2. The predicted octanol–water partition coefficient (Wildman–Crippen LogP) is 7.71. The fourth-order valence-corrected chi connectivity index (χ4v) is 11.8. The van der Waals surface area contributed by atoms with E-state index in [1.807, 2.05) is 61.5 Å². The minimum atomic E-state index is -4.49. The summed E-state index contributed by atoms with van der Waals surface area (Å²) in [6, 6.07) is 28.1. The van der Waals surface area contributed by atoms with Crippen molar-refractivity contribution in [3.05, 3.63) is 129 Å². The van der Waals surface area contributed by atoms with Gasteiger partial charge in [-0.25, -0.2) is 17.9 Å². The van der Waals surface area contributed by atoms with Crippen LogP contribution in [0.2, 0.25) is 5.02 Å². The Hall–Kier alpha value is -5.21. The number of nitro groups is 1. The summed E-state index contributed by atoms with van der Waals surface area (Å²) in [5.74, 6) is -0.275. The van der Waals surface area contributed by atoms with Crippen LogP contribution in [0.5, 0.6) is 0 Å².